The van der Waals surface area contributed by atoms with Crippen molar-refractivity contribution in [2.75, 3.05) is 20.1 Å². The Morgan fingerprint density at radius 3 is 2.94 bits per heavy atom. The first-order valence-corrected chi connectivity index (χ1v) is 6.55. The van der Waals surface area contributed by atoms with Gasteiger partial charge < -0.3 is 10.0 Å². The third-order valence-corrected chi connectivity index (χ3v) is 4.55. The average molecular weight is 242 g/mol. The Labute approximate surface area is 108 Å². The molecule has 3 heteroatoms. The Bertz CT molecular complexity index is 507. The fraction of sp³-hybridized carbons (Fsp3) is 0.533. The second-order valence-corrected chi connectivity index (χ2v) is 5.62. The van der Waals surface area contributed by atoms with Crippen LogP contribution in [0.4, 0.5) is 0 Å². The molecule has 0 spiro atoms. The second-order valence-electron chi connectivity index (χ2n) is 5.62. The fourth-order valence-electron chi connectivity index (χ4n) is 3.64. The molecule has 2 aliphatic rings. The molecule has 3 atom stereocenters. The van der Waals surface area contributed by atoms with Gasteiger partial charge in [0.25, 0.3) is 0 Å². The Kier molecular flexibility index (Phi) is 2.65. The predicted octanol–water partition coefficient (Wildman–Crippen LogP) is 1.52. The summed E-state index contributed by atoms with van der Waals surface area (Å²) < 4.78 is 0. The maximum Gasteiger partial charge on any atom is 0.111 e. The molecule has 94 valence electrons. The minimum atomic E-state index is -0.948. The van der Waals surface area contributed by atoms with Gasteiger partial charge in [-0.25, -0.2) is 0 Å². The van der Waals surface area contributed by atoms with Crippen LogP contribution in [0.25, 0.3) is 0 Å². The van der Waals surface area contributed by atoms with E-state index in [2.05, 4.69) is 17.0 Å². The van der Waals surface area contributed by atoms with Crippen molar-refractivity contribution in [2.45, 2.75) is 18.4 Å². The van der Waals surface area contributed by atoms with E-state index in [1.165, 1.54) is 5.56 Å². The third kappa shape index (κ3) is 1.50. The Morgan fingerprint density at radius 1 is 1.39 bits per heavy atom. The molecule has 3 nitrogen and oxygen atoms in total. The van der Waals surface area contributed by atoms with Gasteiger partial charge in [0.2, 0.25) is 0 Å². The van der Waals surface area contributed by atoms with Crippen molar-refractivity contribution in [3.05, 3.63) is 35.4 Å². The van der Waals surface area contributed by atoms with Gasteiger partial charge in [0, 0.05) is 19.0 Å². The van der Waals surface area contributed by atoms with Crippen LogP contribution >= 0.6 is 0 Å². The van der Waals surface area contributed by atoms with E-state index in [9.17, 15) is 10.4 Å². The van der Waals surface area contributed by atoms with Gasteiger partial charge in [-0.05, 0) is 31.0 Å². The van der Waals surface area contributed by atoms with Gasteiger partial charge in [-0.1, -0.05) is 24.3 Å². The van der Waals surface area contributed by atoms with Gasteiger partial charge >= 0.3 is 0 Å². The second kappa shape index (κ2) is 4.08. The summed E-state index contributed by atoms with van der Waals surface area (Å²) in [6.45, 7) is 1.53. The number of aryl methyl sites for hydroxylation is 1. The van der Waals surface area contributed by atoms with Crippen molar-refractivity contribution in [3.8, 4) is 6.07 Å². The molecule has 3 rings (SSSR count). The minimum Gasteiger partial charge on any atom is -0.383 e. The number of fused-ring (bicyclic) bond motifs is 3. The van der Waals surface area contributed by atoms with Crippen molar-refractivity contribution in [2.24, 2.45) is 11.8 Å². The van der Waals surface area contributed by atoms with Crippen molar-refractivity contribution in [1.29, 1.82) is 5.26 Å². The smallest absolute Gasteiger partial charge is 0.111 e. The number of hydrogen-bond donors (Lipinski definition) is 1. The first kappa shape index (κ1) is 11.7. The summed E-state index contributed by atoms with van der Waals surface area (Å²) in [6.07, 6.45) is 1.98. The van der Waals surface area contributed by atoms with Gasteiger partial charge in [0.15, 0.2) is 0 Å². The molecule has 0 amide bonds. The zero-order valence-corrected chi connectivity index (χ0v) is 10.6. The summed E-state index contributed by atoms with van der Waals surface area (Å²) in [7, 11) is 2.03. The summed E-state index contributed by atoms with van der Waals surface area (Å²) in [4.78, 5) is 2.17. The molecule has 0 bridgehead atoms. The first-order valence-electron chi connectivity index (χ1n) is 6.55. The van der Waals surface area contributed by atoms with Crippen LogP contribution in [0.1, 0.15) is 17.5 Å². The van der Waals surface area contributed by atoms with Gasteiger partial charge in [0.05, 0.1) is 12.0 Å². The molecule has 0 radical (unpaired) electrons. The van der Waals surface area contributed by atoms with E-state index in [0.29, 0.717) is 6.54 Å². The van der Waals surface area contributed by atoms with E-state index >= 15 is 0 Å². The number of benzene rings is 1. The molecule has 1 saturated heterocycles. The van der Waals surface area contributed by atoms with Crippen molar-refractivity contribution in [3.63, 3.8) is 0 Å². The number of hydrogen-bond acceptors (Lipinski definition) is 3. The standard InChI is InChI=1S/C15H18N2O/c1-17-9-12-7-6-11-4-2-3-5-14(11)15(12,18)13(8-16)10-17/h2-5,12-13,18H,6-7,9-10H2,1H3/t12-,13-,15-/m0/s1. The molecule has 1 heterocycles. The molecule has 1 aliphatic heterocycles. The Morgan fingerprint density at radius 2 is 2.17 bits per heavy atom. The SMILES string of the molecule is CN1C[C@@H]2CCc3ccccc3[C@@]2(O)[C@@H](C#N)C1. The fourth-order valence-corrected chi connectivity index (χ4v) is 3.64. The van der Waals surface area contributed by atoms with Crippen LogP contribution in [0.2, 0.25) is 0 Å². The summed E-state index contributed by atoms with van der Waals surface area (Å²) >= 11 is 0. The van der Waals surface area contributed by atoms with Gasteiger partial charge in [-0.2, -0.15) is 5.26 Å². The quantitative estimate of drug-likeness (QED) is 0.750. The molecule has 0 saturated carbocycles. The van der Waals surface area contributed by atoms with Crippen LogP contribution < -0.4 is 0 Å². The molecule has 0 aromatic heterocycles. The van der Waals surface area contributed by atoms with E-state index in [-0.39, 0.29) is 11.8 Å². The number of nitrogens with zero attached hydrogens (tertiary/aromatic N) is 2. The molecule has 1 fully saturated rings. The maximum absolute atomic E-state index is 11.2. The monoisotopic (exact) mass is 242 g/mol. The van der Waals surface area contributed by atoms with Gasteiger partial charge in [-0.3, -0.25) is 0 Å². The van der Waals surface area contributed by atoms with Crippen LogP contribution in [0, 0.1) is 23.2 Å². The first-order chi connectivity index (χ1) is 8.66. The van der Waals surface area contributed by atoms with E-state index < -0.39 is 5.60 Å². The largest absolute Gasteiger partial charge is 0.383 e. The average Bonchev–Trinajstić information content (AvgIpc) is 2.39. The van der Waals surface area contributed by atoms with E-state index in [1.807, 2.05) is 25.2 Å². The maximum atomic E-state index is 11.2. The topological polar surface area (TPSA) is 47.3 Å². The normalized spacial score (nSPS) is 35.4. The Balaban J connectivity index is 2.12. The van der Waals surface area contributed by atoms with Crippen LogP contribution in [0.5, 0.6) is 0 Å². The zero-order chi connectivity index (χ0) is 12.8. The molecule has 1 aromatic rings. The van der Waals surface area contributed by atoms with E-state index in [1.54, 1.807) is 0 Å². The molecular formula is C15H18N2O. The number of piperidine rings is 1. The zero-order valence-electron chi connectivity index (χ0n) is 10.6. The highest BCUT2D eigenvalue weighted by atomic mass is 16.3. The number of likely N-dealkylation sites (tertiary alicyclic amines) is 1. The minimum absolute atomic E-state index is 0.177. The van der Waals surface area contributed by atoms with Crippen LogP contribution in [0.15, 0.2) is 24.3 Å². The lowest BCUT2D eigenvalue weighted by Crippen LogP contribution is -2.56. The summed E-state index contributed by atoms with van der Waals surface area (Å²) in [5.41, 5.74) is 1.25. The van der Waals surface area contributed by atoms with Crippen molar-refractivity contribution >= 4 is 0 Å². The third-order valence-electron chi connectivity index (χ3n) is 4.55. The molecule has 0 unspecified atom stereocenters. The van der Waals surface area contributed by atoms with Crippen molar-refractivity contribution < 1.29 is 5.11 Å². The highest BCUT2D eigenvalue weighted by Gasteiger charge is 2.51. The summed E-state index contributed by atoms with van der Waals surface area (Å²) in [5, 5.41) is 20.6. The summed E-state index contributed by atoms with van der Waals surface area (Å²) in [6, 6.07) is 10.4. The molecular weight excluding hydrogens is 224 g/mol. The molecule has 1 aliphatic carbocycles. The molecule has 1 N–H and O–H groups in total. The summed E-state index contributed by atoms with van der Waals surface area (Å²) in [5.74, 6) is -0.154. The molecule has 18 heavy (non-hydrogen) atoms. The lowest BCUT2D eigenvalue weighted by molar-refractivity contribution is -0.110. The van der Waals surface area contributed by atoms with E-state index in [0.717, 1.165) is 24.9 Å². The lowest BCUT2D eigenvalue weighted by Gasteiger charge is -2.50. The van der Waals surface area contributed by atoms with Gasteiger partial charge in [0.1, 0.15) is 5.60 Å². The lowest BCUT2D eigenvalue weighted by atomic mass is 9.63. The highest BCUT2D eigenvalue weighted by molar-refractivity contribution is 5.38. The van der Waals surface area contributed by atoms with Crippen LogP contribution in [0.3, 0.4) is 0 Å². The number of aliphatic hydroxyl groups is 1. The number of rotatable bonds is 0. The number of nitriles is 1. The van der Waals surface area contributed by atoms with Crippen molar-refractivity contribution in [1.82, 2.24) is 4.90 Å². The highest BCUT2D eigenvalue weighted by Crippen LogP contribution is 2.47. The Hall–Kier alpha value is -1.37. The van der Waals surface area contributed by atoms with Crippen LogP contribution in [-0.4, -0.2) is 30.1 Å². The van der Waals surface area contributed by atoms with Crippen LogP contribution in [-0.2, 0) is 12.0 Å². The predicted molar refractivity (Wildman–Crippen MR) is 68.7 cm³/mol. The van der Waals surface area contributed by atoms with E-state index in [4.69, 9.17) is 0 Å². The van der Waals surface area contributed by atoms with Gasteiger partial charge in [-0.15, -0.1) is 0 Å². The molecule has 1 aromatic carbocycles.